The van der Waals surface area contributed by atoms with Crippen molar-refractivity contribution in [2.75, 3.05) is 0 Å². The fourth-order valence-corrected chi connectivity index (χ4v) is 6.59. The Labute approximate surface area is 349 Å². The van der Waals surface area contributed by atoms with E-state index in [1.807, 2.05) is 0 Å². The van der Waals surface area contributed by atoms with Gasteiger partial charge in [-0.2, -0.15) is 0 Å². The number of carboxylic acid groups (broad SMARTS) is 3. The Bertz CT molecular complexity index is 2130. The number of hydrogen-bond donors (Lipinski definition) is 9. The summed E-state index contributed by atoms with van der Waals surface area (Å²) in [5, 5.41) is 40.9. The highest BCUT2D eigenvalue weighted by atomic mass is 32.2. The van der Waals surface area contributed by atoms with Gasteiger partial charge in [0.1, 0.15) is 30.8 Å². The molecule has 328 valence electrons. The molecule has 22 heteroatoms. The number of imidazole rings is 1. The van der Waals surface area contributed by atoms with Crippen LogP contribution in [0.5, 0.6) is 0 Å². The van der Waals surface area contributed by atoms with Gasteiger partial charge < -0.3 is 51.6 Å². The zero-order valence-corrected chi connectivity index (χ0v) is 33.8. The summed E-state index contributed by atoms with van der Waals surface area (Å²) >= 11 is 0. The average molecular weight is 870 g/mol. The Hall–Kier alpha value is -7.10. The Morgan fingerprint density at radius 3 is 1.87 bits per heavy atom. The first-order valence-corrected chi connectivity index (χ1v) is 20.2. The van der Waals surface area contributed by atoms with Crippen molar-refractivity contribution in [1.29, 1.82) is 0 Å². The molecule has 0 fully saturated rings. The lowest BCUT2D eigenvalue weighted by atomic mass is 10.0. The van der Waals surface area contributed by atoms with E-state index in [-0.39, 0.29) is 23.6 Å². The van der Waals surface area contributed by atoms with Crippen molar-refractivity contribution in [2.45, 2.75) is 87.7 Å². The number of aromatic amines is 1. The van der Waals surface area contributed by atoms with Gasteiger partial charge in [-0.1, -0.05) is 62.4 Å². The molecule has 0 aliphatic carbocycles. The van der Waals surface area contributed by atoms with Crippen molar-refractivity contribution in [2.24, 2.45) is 5.92 Å². The van der Waals surface area contributed by atoms with E-state index < -0.39 is 119 Å². The predicted molar refractivity (Wildman–Crippen MR) is 213 cm³/mol. The monoisotopic (exact) mass is 869 g/mol. The quantitative estimate of drug-likeness (QED) is 0.0597. The summed E-state index contributed by atoms with van der Waals surface area (Å²) in [7, 11) is -4.08. The van der Waals surface area contributed by atoms with Crippen LogP contribution < -0.4 is 26.6 Å². The summed E-state index contributed by atoms with van der Waals surface area (Å²) in [6, 6.07) is 7.81. The topological polar surface area (TPSA) is 329 Å². The summed E-state index contributed by atoms with van der Waals surface area (Å²) in [5.74, 6) is -9.37. The van der Waals surface area contributed by atoms with Crippen LogP contribution in [0.15, 0.2) is 89.6 Å². The molecule has 0 spiro atoms. The number of rotatable bonds is 24. The third-order valence-electron chi connectivity index (χ3n) is 8.62. The number of amides is 5. The van der Waals surface area contributed by atoms with Crippen molar-refractivity contribution in [3.8, 4) is 0 Å². The zero-order chi connectivity index (χ0) is 45.1. The number of carboxylic acids is 3. The smallest absolute Gasteiger partial charge is 0.408 e. The lowest BCUT2D eigenvalue weighted by Gasteiger charge is -2.27. The van der Waals surface area contributed by atoms with Gasteiger partial charge in [-0.15, -0.1) is 0 Å². The molecule has 0 saturated carbocycles. The van der Waals surface area contributed by atoms with Crippen LogP contribution in [-0.4, -0.2) is 112 Å². The molecule has 0 unspecified atom stereocenters. The molecule has 0 aliphatic rings. The molecule has 2 aromatic carbocycles. The van der Waals surface area contributed by atoms with E-state index in [1.165, 1.54) is 36.8 Å². The van der Waals surface area contributed by atoms with Crippen LogP contribution in [0.3, 0.4) is 0 Å². The minimum Gasteiger partial charge on any atom is -0.481 e. The SMILES string of the molecule is CC(C)[C@H](NC(=O)OCc1ccccc1)C(=O)N[C@@H](CC(=O)O)C(=O)N[C@@H](CCC(=O)O)C(=O)N[C@@H](Cc1cnc[nH]1)C(=O)N[C@H](/C=C/S(=O)(=O)c1ccccc1)CC(=O)O. The number of H-pyrrole nitrogens is 1. The number of nitrogens with zero attached hydrogens (tertiary/aromatic N) is 1. The second-order valence-corrected chi connectivity index (χ2v) is 15.7. The summed E-state index contributed by atoms with van der Waals surface area (Å²) < 4.78 is 30.9. The number of nitrogens with one attached hydrogen (secondary N) is 6. The zero-order valence-electron chi connectivity index (χ0n) is 33.0. The highest BCUT2D eigenvalue weighted by Gasteiger charge is 2.34. The Balaban J connectivity index is 1.82. The van der Waals surface area contributed by atoms with Crippen molar-refractivity contribution < 1.29 is 66.8 Å². The maximum atomic E-state index is 13.8. The maximum Gasteiger partial charge on any atom is 0.408 e. The minimum absolute atomic E-state index is 0.105. The first-order chi connectivity index (χ1) is 28.8. The summed E-state index contributed by atoms with van der Waals surface area (Å²) in [4.78, 5) is 109. The molecule has 21 nitrogen and oxygen atoms in total. The lowest BCUT2D eigenvalue weighted by molar-refractivity contribution is -0.141. The summed E-state index contributed by atoms with van der Waals surface area (Å²) in [6.07, 6.45) is -0.901. The molecule has 1 heterocycles. The van der Waals surface area contributed by atoms with Gasteiger partial charge in [0.05, 0.1) is 30.1 Å². The van der Waals surface area contributed by atoms with Crippen molar-refractivity contribution in [3.63, 3.8) is 0 Å². The molecule has 1 aromatic heterocycles. The van der Waals surface area contributed by atoms with Crippen molar-refractivity contribution >= 4 is 57.5 Å². The van der Waals surface area contributed by atoms with Gasteiger partial charge in [0, 0.05) is 30.1 Å². The van der Waals surface area contributed by atoms with Crippen LogP contribution in [0.25, 0.3) is 0 Å². The molecule has 9 N–H and O–H groups in total. The van der Waals surface area contributed by atoms with Gasteiger partial charge >= 0.3 is 24.0 Å². The number of aromatic nitrogens is 2. The normalized spacial score (nSPS) is 13.8. The first-order valence-electron chi connectivity index (χ1n) is 18.6. The molecule has 3 aromatic rings. The number of hydrogen-bond acceptors (Lipinski definition) is 12. The molecule has 0 bridgehead atoms. The van der Waals surface area contributed by atoms with Gasteiger partial charge in [0.2, 0.25) is 23.6 Å². The second-order valence-electron chi connectivity index (χ2n) is 13.8. The highest BCUT2D eigenvalue weighted by Crippen LogP contribution is 2.13. The van der Waals surface area contributed by atoms with Gasteiger partial charge in [-0.25, -0.2) is 18.2 Å². The van der Waals surface area contributed by atoms with E-state index in [9.17, 15) is 62.1 Å². The number of sulfone groups is 1. The third kappa shape index (κ3) is 17.0. The average Bonchev–Trinajstić information content (AvgIpc) is 3.72. The Morgan fingerprint density at radius 2 is 1.30 bits per heavy atom. The van der Waals surface area contributed by atoms with Gasteiger partial charge in [-0.05, 0) is 36.1 Å². The van der Waals surface area contributed by atoms with Crippen LogP contribution >= 0.6 is 0 Å². The third-order valence-corrected chi connectivity index (χ3v) is 10.1. The standard InChI is InChI=1S/C39H47N7O14S/c1-23(2)34(46-39(57)60-21-24-9-5-3-6-10-24)38(56)45-30(19-33(51)52)37(55)43-28(13-14-31(47)48)35(53)44-29(17-26-20-40-22-41-26)36(54)42-25(18-32(49)50)15-16-61(58,59)27-11-7-4-8-12-27/h3-12,15-16,20,22-23,25,28-30,34H,13-14,17-19,21H2,1-2H3,(H,40,41)(H,42,54)(H,43,55)(H,44,53)(H,45,56)(H,46,57)(H,47,48)(H,49,50)(H,51,52)/b16-15+/t25-,28+,29+,30+,34+/m1/s1. The largest absolute Gasteiger partial charge is 0.481 e. The molecule has 0 radical (unpaired) electrons. The number of carbonyl (C=O) groups is 8. The number of alkyl carbamates (subject to hydrolysis) is 1. The lowest BCUT2D eigenvalue weighted by Crippen LogP contribution is -2.59. The summed E-state index contributed by atoms with van der Waals surface area (Å²) in [5.41, 5.74) is 0.938. The van der Waals surface area contributed by atoms with E-state index in [4.69, 9.17) is 4.74 Å². The van der Waals surface area contributed by atoms with E-state index in [0.29, 0.717) is 5.56 Å². The fourth-order valence-electron chi connectivity index (χ4n) is 5.50. The number of ether oxygens (including phenoxy) is 1. The Kier molecular flexibility index (Phi) is 18.6. The van der Waals surface area contributed by atoms with Gasteiger partial charge in [-0.3, -0.25) is 33.6 Å². The molecule has 3 rings (SSSR count). The molecule has 0 aliphatic heterocycles. The second kappa shape index (κ2) is 23.5. The molecule has 61 heavy (non-hydrogen) atoms. The van der Waals surface area contributed by atoms with Crippen LogP contribution in [-0.2, 0) is 61.2 Å². The predicted octanol–water partition coefficient (Wildman–Crippen LogP) is 0.644. The van der Waals surface area contributed by atoms with Crippen LogP contribution in [0.2, 0.25) is 0 Å². The van der Waals surface area contributed by atoms with Crippen molar-refractivity contribution in [3.05, 3.63) is 95.9 Å². The number of aliphatic carboxylic acids is 3. The van der Waals surface area contributed by atoms with Crippen LogP contribution in [0.4, 0.5) is 4.79 Å². The Morgan fingerprint density at radius 1 is 0.721 bits per heavy atom. The molecular weight excluding hydrogens is 823 g/mol. The van der Waals surface area contributed by atoms with Crippen LogP contribution in [0, 0.1) is 5.92 Å². The van der Waals surface area contributed by atoms with E-state index in [1.54, 1.807) is 50.2 Å². The van der Waals surface area contributed by atoms with E-state index in [2.05, 4.69) is 36.6 Å². The van der Waals surface area contributed by atoms with Gasteiger partial charge in [0.15, 0.2) is 9.84 Å². The van der Waals surface area contributed by atoms with Crippen LogP contribution in [0.1, 0.15) is 50.8 Å². The van der Waals surface area contributed by atoms with Gasteiger partial charge in [0.25, 0.3) is 0 Å². The molecular formula is C39H47N7O14S. The number of benzene rings is 2. The maximum absolute atomic E-state index is 13.8. The molecule has 5 amide bonds. The number of carbonyl (C=O) groups excluding carboxylic acids is 5. The summed E-state index contributed by atoms with van der Waals surface area (Å²) in [6.45, 7) is 2.98. The van der Waals surface area contributed by atoms with E-state index in [0.717, 1.165) is 11.5 Å². The van der Waals surface area contributed by atoms with E-state index >= 15 is 0 Å². The fraction of sp³-hybridized carbons (Fsp3) is 0.359. The minimum atomic E-state index is -4.08. The molecule has 0 saturated heterocycles. The molecule has 5 atom stereocenters. The van der Waals surface area contributed by atoms with Crippen molar-refractivity contribution in [1.82, 2.24) is 36.6 Å². The highest BCUT2D eigenvalue weighted by molar-refractivity contribution is 7.94. The first kappa shape index (κ1) is 48.3.